The van der Waals surface area contributed by atoms with Crippen molar-refractivity contribution in [2.75, 3.05) is 4.72 Å². The number of hydrogen-bond donors (Lipinski definition) is 2. The summed E-state index contributed by atoms with van der Waals surface area (Å²) in [6.45, 7) is 3.38. The third-order valence-corrected chi connectivity index (χ3v) is 5.54. The molecule has 0 unspecified atom stereocenters. The number of sulfonamides is 1. The van der Waals surface area contributed by atoms with Gasteiger partial charge >= 0.3 is 0 Å². The highest BCUT2D eigenvalue weighted by atomic mass is 35.5. The van der Waals surface area contributed by atoms with E-state index in [1.165, 1.54) is 6.20 Å². The van der Waals surface area contributed by atoms with Crippen LogP contribution in [0.1, 0.15) is 11.1 Å². The van der Waals surface area contributed by atoms with Crippen LogP contribution in [0.4, 0.5) is 5.69 Å². The molecule has 1 aromatic heterocycles. The molecule has 0 aliphatic rings. The second-order valence-corrected chi connectivity index (χ2v) is 7.46. The minimum atomic E-state index is -3.73. The van der Waals surface area contributed by atoms with E-state index in [1.807, 2.05) is 0 Å². The molecule has 0 radical (unpaired) electrons. The van der Waals surface area contributed by atoms with Crippen molar-refractivity contribution in [2.45, 2.75) is 18.1 Å². The number of phenolic OH excluding ortho intramolecular Hbond substituents is 1. The van der Waals surface area contributed by atoms with E-state index in [0.29, 0.717) is 16.8 Å². The first-order valence-electron chi connectivity index (χ1n) is 5.24. The maximum absolute atomic E-state index is 12.1. The molecule has 2 rings (SSSR count). The van der Waals surface area contributed by atoms with Crippen molar-refractivity contribution in [3.8, 4) is 5.75 Å². The molecule has 1 heterocycles. The number of aryl methyl sites for hydroxylation is 1. The number of nitrogens with one attached hydrogen (secondary N) is 1. The van der Waals surface area contributed by atoms with Crippen molar-refractivity contribution >= 4 is 38.6 Å². The Bertz CT molecular complexity index is 726. The van der Waals surface area contributed by atoms with Gasteiger partial charge in [0, 0.05) is 5.56 Å². The number of thiazole rings is 1. The molecule has 0 saturated heterocycles. The number of anilines is 1. The first-order chi connectivity index (χ1) is 8.81. The second kappa shape index (κ2) is 4.99. The van der Waals surface area contributed by atoms with E-state index in [2.05, 4.69) is 9.71 Å². The molecule has 19 heavy (non-hydrogen) atoms. The number of aromatic nitrogens is 1. The van der Waals surface area contributed by atoms with E-state index in [1.54, 1.807) is 26.0 Å². The van der Waals surface area contributed by atoms with E-state index in [-0.39, 0.29) is 14.4 Å². The van der Waals surface area contributed by atoms with Gasteiger partial charge < -0.3 is 5.11 Å². The molecule has 2 aromatic rings. The minimum absolute atomic E-state index is 0.0250. The highest BCUT2D eigenvalue weighted by Crippen LogP contribution is 2.31. The van der Waals surface area contributed by atoms with Gasteiger partial charge in [0.05, 0.1) is 11.9 Å². The Balaban J connectivity index is 2.39. The fourth-order valence-corrected chi connectivity index (χ4v) is 3.92. The van der Waals surface area contributed by atoms with E-state index >= 15 is 0 Å². The van der Waals surface area contributed by atoms with Gasteiger partial charge in [0.1, 0.15) is 5.75 Å². The van der Waals surface area contributed by atoms with Gasteiger partial charge in [0.2, 0.25) is 0 Å². The van der Waals surface area contributed by atoms with E-state index < -0.39 is 10.0 Å². The third-order valence-electron chi connectivity index (χ3n) is 2.60. The number of rotatable bonds is 3. The standard InChI is InChI=1S/C11H11ClN2O3S2/c1-6-3-4-8(7(2)10(6)15)14-19(16,17)9-5-13-11(12)18-9/h3-5,14-15H,1-2H3. The van der Waals surface area contributed by atoms with Gasteiger partial charge in [0.25, 0.3) is 10.0 Å². The van der Waals surface area contributed by atoms with Crippen molar-refractivity contribution < 1.29 is 13.5 Å². The lowest BCUT2D eigenvalue weighted by Gasteiger charge is -2.11. The fraction of sp³-hybridized carbons (Fsp3) is 0.182. The summed E-state index contributed by atoms with van der Waals surface area (Å²) < 4.78 is 26.8. The van der Waals surface area contributed by atoms with Gasteiger partial charge in [-0.2, -0.15) is 0 Å². The lowest BCUT2D eigenvalue weighted by Crippen LogP contribution is -2.12. The van der Waals surface area contributed by atoms with Crippen LogP contribution >= 0.6 is 22.9 Å². The summed E-state index contributed by atoms with van der Waals surface area (Å²) in [4.78, 5) is 3.69. The Kier molecular flexibility index (Phi) is 3.71. The van der Waals surface area contributed by atoms with Crippen molar-refractivity contribution in [1.29, 1.82) is 0 Å². The van der Waals surface area contributed by atoms with Crippen molar-refractivity contribution in [2.24, 2.45) is 0 Å². The molecule has 5 nitrogen and oxygen atoms in total. The maximum Gasteiger partial charge on any atom is 0.273 e. The molecule has 0 aliphatic heterocycles. The Morgan fingerprint density at radius 3 is 2.63 bits per heavy atom. The van der Waals surface area contributed by atoms with Crippen LogP contribution in [-0.2, 0) is 10.0 Å². The number of aromatic hydroxyl groups is 1. The maximum atomic E-state index is 12.1. The molecule has 0 saturated carbocycles. The molecule has 2 N–H and O–H groups in total. The quantitative estimate of drug-likeness (QED) is 0.912. The van der Waals surface area contributed by atoms with Gasteiger partial charge in [0.15, 0.2) is 8.68 Å². The highest BCUT2D eigenvalue weighted by molar-refractivity contribution is 7.94. The zero-order chi connectivity index (χ0) is 14.2. The SMILES string of the molecule is Cc1ccc(NS(=O)(=O)c2cnc(Cl)s2)c(C)c1O. The zero-order valence-electron chi connectivity index (χ0n) is 10.1. The number of nitrogens with zero attached hydrogens (tertiary/aromatic N) is 1. The molecule has 0 spiro atoms. The van der Waals surface area contributed by atoms with Crippen LogP contribution in [0, 0.1) is 13.8 Å². The largest absolute Gasteiger partial charge is 0.507 e. The first-order valence-corrected chi connectivity index (χ1v) is 7.92. The predicted molar refractivity (Wildman–Crippen MR) is 75.5 cm³/mol. The van der Waals surface area contributed by atoms with Crippen LogP contribution in [-0.4, -0.2) is 18.5 Å². The normalized spacial score (nSPS) is 11.5. The summed E-state index contributed by atoms with van der Waals surface area (Å²) in [7, 11) is -3.73. The molecule has 8 heteroatoms. The van der Waals surface area contributed by atoms with Gasteiger partial charge in [-0.3, -0.25) is 4.72 Å². The van der Waals surface area contributed by atoms with Crippen molar-refractivity contribution in [3.05, 3.63) is 33.9 Å². The van der Waals surface area contributed by atoms with Crippen LogP contribution in [0.25, 0.3) is 0 Å². The summed E-state index contributed by atoms with van der Waals surface area (Å²) in [6.07, 6.45) is 1.19. The van der Waals surface area contributed by atoms with Gasteiger partial charge in [-0.1, -0.05) is 29.0 Å². The molecule has 1 aromatic carbocycles. The monoisotopic (exact) mass is 318 g/mol. The molecule has 0 bridgehead atoms. The predicted octanol–water partition coefficient (Wildman–Crippen LogP) is 2.92. The Labute approximate surface area is 119 Å². The van der Waals surface area contributed by atoms with Crippen LogP contribution in [0.15, 0.2) is 22.5 Å². The van der Waals surface area contributed by atoms with Crippen molar-refractivity contribution in [1.82, 2.24) is 4.98 Å². The van der Waals surface area contributed by atoms with Gasteiger partial charge in [-0.25, -0.2) is 13.4 Å². The van der Waals surface area contributed by atoms with E-state index in [9.17, 15) is 13.5 Å². The average molecular weight is 319 g/mol. The van der Waals surface area contributed by atoms with Gasteiger partial charge in [-0.15, -0.1) is 0 Å². The lowest BCUT2D eigenvalue weighted by atomic mass is 10.1. The first kappa shape index (κ1) is 14.1. The molecule has 0 amide bonds. The second-order valence-electron chi connectivity index (χ2n) is 3.94. The highest BCUT2D eigenvalue weighted by Gasteiger charge is 2.19. The smallest absolute Gasteiger partial charge is 0.273 e. The molecule has 102 valence electrons. The lowest BCUT2D eigenvalue weighted by molar-refractivity contribution is 0.467. The molecule has 0 aliphatic carbocycles. The summed E-state index contributed by atoms with van der Waals surface area (Å²) in [5, 5.41) is 9.79. The molecular weight excluding hydrogens is 308 g/mol. The zero-order valence-corrected chi connectivity index (χ0v) is 12.5. The number of hydrogen-bond acceptors (Lipinski definition) is 5. The molecular formula is C11H11ClN2O3S2. The number of benzene rings is 1. The molecule has 0 fully saturated rings. The van der Waals surface area contributed by atoms with E-state index in [4.69, 9.17) is 11.6 Å². The fourth-order valence-electron chi connectivity index (χ4n) is 1.50. The topological polar surface area (TPSA) is 79.3 Å². The number of halogens is 1. The third kappa shape index (κ3) is 2.83. The summed E-state index contributed by atoms with van der Waals surface area (Å²) in [5.74, 6) is 0.0718. The Morgan fingerprint density at radius 2 is 2.05 bits per heavy atom. The minimum Gasteiger partial charge on any atom is -0.507 e. The Hall–Kier alpha value is -1.31. The average Bonchev–Trinajstić information content (AvgIpc) is 2.78. The van der Waals surface area contributed by atoms with Crippen molar-refractivity contribution in [3.63, 3.8) is 0 Å². The van der Waals surface area contributed by atoms with E-state index in [0.717, 1.165) is 11.3 Å². The summed E-state index contributed by atoms with van der Waals surface area (Å²) in [5.41, 5.74) is 1.48. The van der Waals surface area contributed by atoms with Crippen LogP contribution in [0.5, 0.6) is 5.75 Å². The van der Waals surface area contributed by atoms with Gasteiger partial charge in [-0.05, 0) is 25.5 Å². The Morgan fingerprint density at radius 1 is 1.37 bits per heavy atom. The summed E-state index contributed by atoms with van der Waals surface area (Å²) in [6, 6.07) is 3.24. The number of phenols is 1. The van der Waals surface area contributed by atoms with Crippen LogP contribution < -0.4 is 4.72 Å². The molecule has 0 atom stereocenters. The summed E-state index contributed by atoms with van der Waals surface area (Å²) >= 11 is 6.49. The van der Waals surface area contributed by atoms with Crippen LogP contribution in [0.3, 0.4) is 0 Å². The van der Waals surface area contributed by atoms with Crippen LogP contribution in [0.2, 0.25) is 4.47 Å².